The van der Waals surface area contributed by atoms with Gasteiger partial charge in [0.25, 0.3) is 0 Å². The lowest BCUT2D eigenvalue weighted by atomic mass is 10.0. The molecule has 1 aromatic rings. The molecule has 1 unspecified atom stereocenters. The number of esters is 1. The number of carbonyl (C=O) groups excluding carboxylic acids is 2. The molecule has 0 heterocycles. The average Bonchev–Trinajstić information content (AvgIpc) is 2.60. The zero-order valence-electron chi connectivity index (χ0n) is 16.3. The van der Waals surface area contributed by atoms with Gasteiger partial charge >= 0.3 is 33.3 Å². The van der Waals surface area contributed by atoms with Crippen LogP contribution in [0.15, 0.2) is 36.4 Å². The molecule has 0 saturated heterocycles. The summed E-state index contributed by atoms with van der Waals surface area (Å²) in [6, 6.07) is 5.62. The van der Waals surface area contributed by atoms with Gasteiger partial charge in [-0.25, -0.2) is 4.79 Å². The minimum absolute atomic E-state index is 0.0717. The quantitative estimate of drug-likeness (QED) is 0.182. The summed E-state index contributed by atoms with van der Waals surface area (Å²) in [6.45, 7) is 4.02. The van der Waals surface area contributed by atoms with Crippen molar-refractivity contribution in [2.45, 2.75) is 43.9 Å². The topological polar surface area (TPSA) is 107 Å². The molecule has 0 saturated carbocycles. The van der Waals surface area contributed by atoms with E-state index in [1.807, 2.05) is 0 Å². The number of rotatable bonds is 10. The zero-order chi connectivity index (χ0) is 24.3. The fraction of sp³-hybridized carbons (Fsp3) is 0.444. The molecule has 7 nitrogen and oxygen atoms in total. The molecule has 31 heavy (non-hydrogen) atoms. The maximum absolute atomic E-state index is 13.9. The van der Waals surface area contributed by atoms with Gasteiger partial charge in [0, 0.05) is 12.0 Å². The predicted octanol–water partition coefficient (Wildman–Crippen LogP) is 3.37. The lowest BCUT2D eigenvalue weighted by Crippen LogP contribution is -2.58. The van der Waals surface area contributed by atoms with Gasteiger partial charge in [-0.3, -0.25) is 9.35 Å². The van der Waals surface area contributed by atoms with Gasteiger partial charge in [0.15, 0.2) is 0 Å². The first-order valence-corrected chi connectivity index (χ1v) is 9.90. The SMILES string of the molecule is C=C(C)C(=O)OC(OCCC(F)(F)S(=O)(=O)O)(C(=O)Cc1ccc(C)cc1)C(F)(F)F. The summed E-state index contributed by atoms with van der Waals surface area (Å²) in [5.41, 5.74) is 0.252. The Labute approximate surface area is 174 Å². The smallest absolute Gasteiger partial charge is 0.413 e. The lowest BCUT2D eigenvalue weighted by Gasteiger charge is -2.33. The molecule has 0 aliphatic heterocycles. The van der Waals surface area contributed by atoms with Crippen molar-refractivity contribution in [2.24, 2.45) is 0 Å². The van der Waals surface area contributed by atoms with Gasteiger partial charge in [-0.05, 0) is 19.4 Å². The van der Waals surface area contributed by atoms with Crippen LogP contribution in [0, 0.1) is 6.92 Å². The number of halogens is 5. The fourth-order valence-corrected chi connectivity index (χ4v) is 2.47. The largest absolute Gasteiger partial charge is 0.464 e. The van der Waals surface area contributed by atoms with Crippen LogP contribution >= 0.6 is 0 Å². The molecule has 0 radical (unpaired) electrons. The van der Waals surface area contributed by atoms with Crippen LogP contribution in [0.5, 0.6) is 0 Å². The van der Waals surface area contributed by atoms with Crippen LogP contribution in [0.25, 0.3) is 0 Å². The highest BCUT2D eigenvalue weighted by molar-refractivity contribution is 7.86. The summed E-state index contributed by atoms with van der Waals surface area (Å²) < 4.78 is 107. The Kier molecular flexibility index (Phi) is 8.09. The molecule has 0 fully saturated rings. The third kappa shape index (κ3) is 6.55. The van der Waals surface area contributed by atoms with Crippen molar-refractivity contribution in [3.63, 3.8) is 0 Å². The molecule has 0 aromatic heterocycles. The Hall–Kier alpha value is -2.38. The van der Waals surface area contributed by atoms with E-state index in [0.29, 0.717) is 0 Å². The summed E-state index contributed by atoms with van der Waals surface area (Å²) in [7, 11) is -5.97. The van der Waals surface area contributed by atoms with Gasteiger partial charge in [-0.2, -0.15) is 30.4 Å². The van der Waals surface area contributed by atoms with E-state index in [9.17, 15) is 40.0 Å². The standard InChI is InChI=1S/C18H19F5O7S/c1-11(2)15(25)30-17(18(21,22)23,29-9-8-16(19,20)31(26,27)28)14(24)10-13-6-4-12(3)5-7-13/h4-7H,1,8-10H2,2-3H3,(H,26,27,28). The van der Waals surface area contributed by atoms with E-state index in [1.54, 1.807) is 6.92 Å². The van der Waals surface area contributed by atoms with Gasteiger partial charge in [0.05, 0.1) is 13.0 Å². The summed E-state index contributed by atoms with van der Waals surface area (Å²) in [5, 5.41) is -4.87. The van der Waals surface area contributed by atoms with Crippen molar-refractivity contribution >= 4 is 21.9 Å². The summed E-state index contributed by atoms with van der Waals surface area (Å²) in [4.78, 5) is 24.4. The second kappa shape index (κ2) is 9.40. The van der Waals surface area contributed by atoms with Crippen LogP contribution in [0.2, 0.25) is 0 Å². The molecule has 1 N–H and O–H groups in total. The van der Waals surface area contributed by atoms with E-state index in [0.717, 1.165) is 12.5 Å². The summed E-state index contributed by atoms with van der Waals surface area (Å²) >= 11 is 0. The monoisotopic (exact) mass is 474 g/mol. The van der Waals surface area contributed by atoms with Crippen LogP contribution in [-0.4, -0.2) is 48.5 Å². The lowest BCUT2D eigenvalue weighted by molar-refractivity contribution is -0.347. The Morgan fingerprint density at radius 1 is 1.10 bits per heavy atom. The van der Waals surface area contributed by atoms with Crippen molar-refractivity contribution < 1.29 is 54.0 Å². The Bertz CT molecular complexity index is 939. The highest BCUT2D eigenvalue weighted by Gasteiger charge is 2.65. The number of ether oxygens (including phenoxy) is 2. The van der Waals surface area contributed by atoms with E-state index < -0.39 is 64.1 Å². The second-order valence-corrected chi connectivity index (χ2v) is 8.13. The number of hydrogen-bond acceptors (Lipinski definition) is 6. The third-order valence-electron chi connectivity index (χ3n) is 3.89. The van der Waals surface area contributed by atoms with Crippen molar-refractivity contribution in [2.75, 3.05) is 6.61 Å². The molecular weight excluding hydrogens is 455 g/mol. The van der Waals surface area contributed by atoms with Gasteiger partial charge in [-0.1, -0.05) is 36.4 Å². The highest BCUT2D eigenvalue weighted by atomic mass is 32.2. The molecule has 1 aromatic carbocycles. The number of alkyl halides is 5. The van der Waals surface area contributed by atoms with Gasteiger partial charge in [0.2, 0.25) is 5.78 Å². The Balaban J connectivity index is 3.33. The van der Waals surface area contributed by atoms with E-state index in [-0.39, 0.29) is 5.56 Å². The predicted molar refractivity (Wildman–Crippen MR) is 96.6 cm³/mol. The molecular formula is C18H19F5O7S. The van der Waals surface area contributed by atoms with Gasteiger partial charge in [-0.15, -0.1) is 0 Å². The van der Waals surface area contributed by atoms with Crippen molar-refractivity contribution in [3.05, 3.63) is 47.5 Å². The molecule has 0 spiro atoms. The van der Waals surface area contributed by atoms with Gasteiger partial charge < -0.3 is 9.47 Å². The molecule has 1 rings (SSSR count). The molecule has 1 atom stereocenters. The second-order valence-electron chi connectivity index (χ2n) is 6.58. The maximum Gasteiger partial charge on any atom is 0.464 e. The number of benzene rings is 1. The average molecular weight is 474 g/mol. The minimum Gasteiger partial charge on any atom is -0.413 e. The Morgan fingerprint density at radius 2 is 1.61 bits per heavy atom. The minimum atomic E-state index is -5.97. The van der Waals surface area contributed by atoms with E-state index in [4.69, 9.17) is 4.55 Å². The molecule has 0 aliphatic carbocycles. The zero-order valence-corrected chi connectivity index (χ0v) is 17.1. The van der Waals surface area contributed by atoms with Crippen LogP contribution in [0.4, 0.5) is 22.0 Å². The first kappa shape index (κ1) is 26.7. The van der Waals surface area contributed by atoms with Crippen LogP contribution < -0.4 is 0 Å². The van der Waals surface area contributed by atoms with Crippen molar-refractivity contribution in [1.82, 2.24) is 0 Å². The molecule has 13 heteroatoms. The maximum atomic E-state index is 13.9. The number of hydrogen-bond donors (Lipinski definition) is 1. The first-order valence-electron chi connectivity index (χ1n) is 8.46. The van der Waals surface area contributed by atoms with E-state index in [1.165, 1.54) is 24.3 Å². The van der Waals surface area contributed by atoms with Gasteiger partial charge in [0.1, 0.15) is 0 Å². The van der Waals surface area contributed by atoms with E-state index >= 15 is 0 Å². The normalized spacial score (nSPS) is 14.6. The molecule has 0 amide bonds. The van der Waals surface area contributed by atoms with Crippen molar-refractivity contribution in [1.29, 1.82) is 0 Å². The summed E-state index contributed by atoms with van der Waals surface area (Å²) in [6.07, 6.45) is -8.64. The van der Waals surface area contributed by atoms with Crippen LogP contribution in [-0.2, 0) is 35.6 Å². The van der Waals surface area contributed by atoms with Crippen LogP contribution in [0.3, 0.4) is 0 Å². The number of ketones is 1. The van der Waals surface area contributed by atoms with E-state index in [2.05, 4.69) is 16.1 Å². The van der Waals surface area contributed by atoms with Crippen LogP contribution in [0.1, 0.15) is 24.5 Å². The molecule has 0 aliphatic rings. The number of aryl methyl sites for hydroxylation is 1. The molecule has 0 bridgehead atoms. The fourth-order valence-electron chi connectivity index (χ4n) is 2.13. The number of carbonyl (C=O) groups is 2. The first-order chi connectivity index (χ1) is 13.9. The highest BCUT2D eigenvalue weighted by Crippen LogP contribution is 2.38. The number of Topliss-reactive ketones (excluding diaryl/α,β-unsaturated/α-hetero) is 1. The van der Waals surface area contributed by atoms with Crippen molar-refractivity contribution in [3.8, 4) is 0 Å². The third-order valence-corrected chi connectivity index (χ3v) is 4.85. The summed E-state index contributed by atoms with van der Waals surface area (Å²) in [5.74, 6) is -7.87. The molecule has 174 valence electrons. The Morgan fingerprint density at radius 3 is 2.03 bits per heavy atom.